The maximum atomic E-state index is 13.0. The van der Waals surface area contributed by atoms with Crippen molar-refractivity contribution in [3.05, 3.63) is 65.9 Å². The van der Waals surface area contributed by atoms with Gasteiger partial charge in [0.15, 0.2) is 17.4 Å². The number of aliphatic hydroxyl groups excluding tert-OH is 1. The van der Waals surface area contributed by atoms with Gasteiger partial charge in [-0.25, -0.2) is 8.78 Å². The van der Waals surface area contributed by atoms with E-state index in [9.17, 15) is 18.7 Å². The van der Waals surface area contributed by atoms with Crippen molar-refractivity contribution in [3.63, 3.8) is 0 Å². The van der Waals surface area contributed by atoms with Crippen LogP contribution in [0.15, 0.2) is 52.9 Å². The molecule has 0 spiro atoms. The van der Waals surface area contributed by atoms with Crippen LogP contribution in [0.1, 0.15) is 10.6 Å². The molecule has 5 nitrogen and oxygen atoms in total. The fraction of sp³-hybridized carbons (Fsp3) is 0.167. The Morgan fingerprint density at radius 2 is 1.96 bits per heavy atom. The summed E-state index contributed by atoms with van der Waals surface area (Å²) >= 11 is 0. The molecule has 0 fully saturated rings. The molecule has 3 aromatic rings. The van der Waals surface area contributed by atoms with Gasteiger partial charge in [0.05, 0.1) is 0 Å². The van der Waals surface area contributed by atoms with Crippen molar-refractivity contribution < 1.29 is 27.8 Å². The van der Waals surface area contributed by atoms with Crippen LogP contribution in [0.4, 0.5) is 8.78 Å². The molecule has 0 aliphatic rings. The Morgan fingerprint density at radius 1 is 1.16 bits per heavy atom. The Labute approximate surface area is 141 Å². The van der Waals surface area contributed by atoms with E-state index in [4.69, 9.17) is 9.15 Å². The summed E-state index contributed by atoms with van der Waals surface area (Å²) in [5, 5.41) is 13.2. The molecule has 0 radical (unpaired) electrons. The van der Waals surface area contributed by atoms with Gasteiger partial charge in [0.1, 0.15) is 24.0 Å². The quantitative estimate of drug-likeness (QED) is 0.719. The predicted octanol–water partition coefficient (Wildman–Crippen LogP) is 2.88. The number of hydrogen-bond acceptors (Lipinski definition) is 4. The van der Waals surface area contributed by atoms with Gasteiger partial charge in [-0.15, -0.1) is 0 Å². The number of furan rings is 1. The third-order valence-electron chi connectivity index (χ3n) is 3.48. The molecule has 0 saturated heterocycles. The first-order chi connectivity index (χ1) is 12.0. The molecule has 2 aromatic carbocycles. The second kappa shape index (κ2) is 7.31. The van der Waals surface area contributed by atoms with E-state index in [1.807, 2.05) is 12.1 Å². The number of hydrogen-bond donors (Lipinski definition) is 2. The first kappa shape index (κ1) is 16.9. The van der Waals surface area contributed by atoms with Crippen molar-refractivity contribution in [1.82, 2.24) is 5.32 Å². The fourth-order valence-electron chi connectivity index (χ4n) is 2.21. The van der Waals surface area contributed by atoms with Crippen LogP contribution < -0.4 is 10.1 Å². The summed E-state index contributed by atoms with van der Waals surface area (Å²) in [4.78, 5) is 12.0. The highest BCUT2D eigenvalue weighted by atomic mass is 19.2. The summed E-state index contributed by atoms with van der Waals surface area (Å²) in [6.45, 7) is -0.273. The molecule has 0 aliphatic carbocycles. The third kappa shape index (κ3) is 4.13. The number of ether oxygens (including phenoxy) is 1. The van der Waals surface area contributed by atoms with E-state index in [1.54, 1.807) is 18.2 Å². The van der Waals surface area contributed by atoms with Gasteiger partial charge in [0.25, 0.3) is 5.91 Å². The van der Waals surface area contributed by atoms with Crippen LogP contribution in [0.2, 0.25) is 0 Å². The number of rotatable bonds is 6. The molecule has 1 heterocycles. The molecule has 0 aliphatic heterocycles. The van der Waals surface area contributed by atoms with Gasteiger partial charge in [-0.2, -0.15) is 0 Å². The van der Waals surface area contributed by atoms with E-state index in [0.29, 0.717) is 5.58 Å². The summed E-state index contributed by atoms with van der Waals surface area (Å²) < 4.78 is 36.4. The third-order valence-corrected chi connectivity index (χ3v) is 3.48. The zero-order valence-electron chi connectivity index (χ0n) is 13.0. The van der Waals surface area contributed by atoms with E-state index in [-0.39, 0.29) is 24.7 Å². The molecular weight excluding hydrogens is 332 g/mol. The van der Waals surface area contributed by atoms with Crippen LogP contribution in [0.25, 0.3) is 11.0 Å². The largest absolute Gasteiger partial charge is 0.491 e. The van der Waals surface area contributed by atoms with Crippen LogP contribution in [0, 0.1) is 11.6 Å². The number of benzene rings is 2. The number of carbonyl (C=O) groups excluding carboxylic acids is 1. The number of nitrogens with one attached hydrogen (secondary N) is 1. The lowest BCUT2D eigenvalue weighted by molar-refractivity contribution is 0.0823. The van der Waals surface area contributed by atoms with Crippen molar-refractivity contribution in [1.29, 1.82) is 0 Å². The molecule has 2 N–H and O–H groups in total. The second-order valence-corrected chi connectivity index (χ2v) is 5.40. The van der Waals surface area contributed by atoms with Crippen LogP contribution >= 0.6 is 0 Å². The minimum atomic E-state index is -1.04. The minimum absolute atomic E-state index is 0.0838. The van der Waals surface area contributed by atoms with Gasteiger partial charge in [0, 0.05) is 18.0 Å². The van der Waals surface area contributed by atoms with Crippen LogP contribution in [-0.4, -0.2) is 30.3 Å². The normalized spacial score (nSPS) is 12.1. The molecule has 1 amide bonds. The molecule has 3 rings (SSSR count). The Morgan fingerprint density at radius 3 is 2.72 bits per heavy atom. The van der Waals surface area contributed by atoms with Crippen molar-refractivity contribution in [2.45, 2.75) is 6.10 Å². The van der Waals surface area contributed by atoms with Gasteiger partial charge >= 0.3 is 0 Å². The average molecular weight is 347 g/mol. The molecule has 0 bridgehead atoms. The summed E-state index contributed by atoms with van der Waals surface area (Å²) in [6, 6.07) is 11.9. The number of aliphatic hydroxyl groups is 1. The van der Waals surface area contributed by atoms with Gasteiger partial charge in [-0.3, -0.25) is 4.79 Å². The number of para-hydroxylation sites is 1. The smallest absolute Gasteiger partial charge is 0.287 e. The van der Waals surface area contributed by atoms with Gasteiger partial charge in [-0.05, 0) is 24.3 Å². The molecular formula is C18H15F2NO4. The monoisotopic (exact) mass is 347 g/mol. The molecule has 0 saturated carbocycles. The first-order valence-electron chi connectivity index (χ1n) is 7.55. The Kier molecular flexibility index (Phi) is 4.95. The van der Waals surface area contributed by atoms with Gasteiger partial charge < -0.3 is 19.6 Å². The van der Waals surface area contributed by atoms with E-state index in [2.05, 4.69) is 5.32 Å². The summed E-state index contributed by atoms with van der Waals surface area (Å²) in [7, 11) is 0. The van der Waals surface area contributed by atoms with Crippen LogP contribution in [0.5, 0.6) is 5.75 Å². The molecule has 1 aromatic heterocycles. The number of halogens is 2. The van der Waals surface area contributed by atoms with Crippen molar-refractivity contribution >= 4 is 16.9 Å². The zero-order chi connectivity index (χ0) is 17.8. The summed E-state index contributed by atoms with van der Waals surface area (Å²) in [6.07, 6.45) is -1.03. The van der Waals surface area contributed by atoms with E-state index in [0.717, 1.165) is 17.5 Å². The second-order valence-electron chi connectivity index (χ2n) is 5.40. The summed E-state index contributed by atoms with van der Waals surface area (Å²) in [5.74, 6) is -2.27. The highest BCUT2D eigenvalue weighted by molar-refractivity contribution is 5.96. The van der Waals surface area contributed by atoms with E-state index in [1.165, 1.54) is 6.07 Å². The standard InChI is InChI=1S/C18H15F2NO4/c19-14-6-5-13(8-15(14)20)24-10-12(22)9-21-18(23)17-7-11-3-1-2-4-16(11)25-17/h1-8,12,22H,9-10H2,(H,21,23)/t12-/m0/s1. The van der Waals surface area contributed by atoms with Crippen molar-refractivity contribution in [2.24, 2.45) is 0 Å². The predicted molar refractivity (Wildman–Crippen MR) is 86.4 cm³/mol. The van der Waals surface area contributed by atoms with E-state index >= 15 is 0 Å². The zero-order valence-corrected chi connectivity index (χ0v) is 13.0. The molecule has 7 heteroatoms. The average Bonchev–Trinajstić information content (AvgIpc) is 3.05. The Bertz CT molecular complexity index is 861. The molecule has 1 atom stereocenters. The Balaban J connectivity index is 1.50. The number of amides is 1. The highest BCUT2D eigenvalue weighted by Gasteiger charge is 2.14. The van der Waals surface area contributed by atoms with Gasteiger partial charge in [0.2, 0.25) is 0 Å². The topological polar surface area (TPSA) is 71.7 Å². The minimum Gasteiger partial charge on any atom is -0.491 e. The van der Waals surface area contributed by atoms with Crippen molar-refractivity contribution in [3.8, 4) is 5.75 Å². The highest BCUT2D eigenvalue weighted by Crippen LogP contribution is 2.18. The van der Waals surface area contributed by atoms with Crippen molar-refractivity contribution in [2.75, 3.05) is 13.2 Å². The molecule has 0 unspecified atom stereocenters. The fourth-order valence-corrected chi connectivity index (χ4v) is 2.21. The van der Waals surface area contributed by atoms with E-state index < -0.39 is 23.6 Å². The first-order valence-corrected chi connectivity index (χ1v) is 7.55. The Hall–Kier alpha value is -2.93. The van der Waals surface area contributed by atoms with Gasteiger partial charge in [-0.1, -0.05) is 18.2 Å². The lowest BCUT2D eigenvalue weighted by atomic mass is 10.2. The summed E-state index contributed by atoms with van der Waals surface area (Å²) in [5.41, 5.74) is 0.592. The number of carbonyl (C=O) groups is 1. The SMILES string of the molecule is O=C(NC[C@H](O)COc1ccc(F)c(F)c1)c1cc2ccccc2o1. The maximum absolute atomic E-state index is 13.0. The maximum Gasteiger partial charge on any atom is 0.287 e. The molecule has 130 valence electrons. The lowest BCUT2D eigenvalue weighted by Crippen LogP contribution is -2.35. The lowest BCUT2D eigenvalue weighted by Gasteiger charge is -2.13. The number of fused-ring (bicyclic) bond motifs is 1. The van der Waals surface area contributed by atoms with Crippen LogP contribution in [-0.2, 0) is 0 Å². The molecule has 25 heavy (non-hydrogen) atoms. The van der Waals surface area contributed by atoms with Crippen LogP contribution in [0.3, 0.4) is 0 Å².